The van der Waals surface area contributed by atoms with Crippen LogP contribution in [0.4, 0.5) is 8.78 Å². The second-order valence-corrected chi connectivity index (χ2v) is 9.95. The fraction of sp³-hybridized carbons (Fsp3) is 0.318. The maximum Gasteiger partial charge on any atom is 0.261 e. The van der Waals surface area contributed by atoms with E-state index in [1.807, 2.05) is 0 Å². The van der Waals surface area contributed by atoms with Gasteiger partial charge in [-0.2, -0.15) is 4.31 Å². The first kappa shape index (κ1) is 26.9. The number of benzene rings is 2. The lowest BCUT2D eigenvalue weighted by Crippen LogP contribution is -2.55. The van der Waals surface area contributed by atoms with Gasteiger partial charge in [0.15, 0.2) is 0 Å². The smallest absolute Gasteiger partial charge is 0.261 e. The lowest BCUT2D eigenvalue weighted by molar-refractivity contribution is -0.130. The Labute approximate surface area is 196 Å². The van der Waals surface area contributed by atoms with E-state index < -0.39 is 63.4 Å². The normalized spacial score (nSPS) is 12.4. The molecule has 0 radical (unpaired) electrons. The molecule has 0 spiro atoms. The van der Waals surface area contributed by atoms with E-state index in [1.165, 1.54) is 19.2 Å². The van der Waals surface area contributed by atoms with Crippen molar-refractivity contribution in [1.29, 1.82) is 0 Å². The van der Waals surface area contributed by atoms with E-state index in [1.54, 1.807) is 32.9 Å². The second kappa shape index (κ2) is 11.2. The number of halogens is 2. The largest absolute Gasteiger partial charge is 0.340 e. The van der Waals surface area contributed by atoms with Crippen LogP contribution in [0.25, 0.3) is 0 Å². The van der Waals surface area contributed by atoms with Crippen molar-refractivity contribution in [3.05, 3.63) is 65.2 Å². The van der Waals surface area contributed by atoms with Crippen molar-refractivity contribution in [3.63, 3.8) is 0 Å². The van der Waals surface area contributed by atoms with E-state index in [9.17, 15) is 31.6 Å². The molecule has 3 amide bonds. The average Bonchev–Trinajstić information content (AvgIpc) is 2.75. The number of nitrogens with one attached hydrogen (secondary N) is 3. The lowest BCUT2D eigenvalue weighted by atomic mass is 10.0. The fourth-order valence-corrected chi connectivity index (χ4v) is 4.02. The monoisotopic (exact) mass is 496 g/mol. The SMILES string of the molecule is Cc1ccc(S(=O)(=O)N(C)CC(=O)NNC(=O)[C@@H](NC(=O)c2c(F)cccc2F)C(C)C)cc1. The summed E-state index contributed by atoms with van der Waals surface area (Å²) in [5, 5.41) is 2.24. The van der Waals surface area contributed by atoms with Gasteiger partial charge in [-0.3, -0.25) is 25.2 Å². The van der Waals surface area contributed by atoms with Crippen LogP contribution in [0.1, 0.15) is 29.8 Å². The van der Waals surface area contributed by atoms with Gasteiger partial charge in [-0.1, -0.05) is 37.6 Å². The summed E-state index contributed by atoms with van der Waals surface area (Å²) in [5.41, 5.74) is 4.19. The van der Waals surface area contributed by atoms with Crippen LogP contribution in [-0.4, -0.2) is 50.1 Å². The Morgan fingerprint density at radius 2 is 1.53 bits per heavy atom. The predicted molar refractivity (Wildman–Crippen MR) is 120 cm³/mol. The highest BCUT2D eigenvalue weighted by Crippen LogP contribution is 2.15. The number of hydrogen-bond donors (Lipinski definition) is 3. The van der Waals surface area contributed by atoms with Crippen molar-refractivity contribution in [1.82, 2.24) is 20.5 Å². The number of likely N-dealkylation sites (N-methyl/N-ethyl adjacent to an activating group) is 1. The van der Waals surface area contributed by atoms with Crippen LogP contribution in [0.5, 0.6) is 0 Å². The van der Waals surface area contributed by atoms with Gasteiger partial charge in [-0.05, 0) is 37.1 Å². The number of hydrazine groups is 1. The van der Waals surface area contributed by atoms with Gasteiger partial charge in [-0.25, -0.2) is 17.2 Å². The van der Waals surface area contributed by atoms with Crippen molar-refractivity contribution in [2.45, 2.75) is 31.7 Å². The topological polar surface area (TPSA) is 125 Å². The van der Waals surface area contributed by atoms with Gasteiger partial charge >= 0.3 is 0 Å². The Hall–Kier alpha value is -3.38. The standard InChI is InChI=1S/C22H26F2N4O5S/c1-13(2)20(25-21(30)19-16(23)6-5-7-17(19)24)22(31)27-26-18(29)12-28(4)34(32,33)15-10-8-14(3)9-11-15/h5-11,13,20H,12H2,1-4H3,(H,25,30)(H,26,29)(H,27,31)/t20-/m0/s1. The molecule has 1 atom stereocenters. The molecule has 3 N–H and O–H groups in total. The van der Waals surface area contributed by atoms with Crippen molar-refractivity contribution < 1.29 is 31.6 Å². The Morgan fingerprint density at radius 1 is 0.971 bits per heavy atom. The van der Waals surface area contributed by atoms with E-state index in [0.717, 1.165) is 28.1 Å². The summed E-state index contributed by atoms with van der Waals surface area (Å²) < 4.78 is 53.7. The summed E-state index contributed by atoms with van der Waals surface area (Å²) in [6.07, 6.45) is 0. The van der Waals surface area contributed by atoms with Gasteiger partial charge in [0.25, 0.3) is 17.7 Å². The van der Waals surface area contributed by atoms with E-state index in [4.69, 9.17) is 0 Å². The number of nitrogens with zero attached hydrogens (tertiary/aromatic N) is 1. The molecule has 0 aliphatic heterocycles. The van der Waals surface area contributed by atoms with Gasteiger partial charge in [0.2, 0.25) is 10.0 Å². The van der Waals surface area contributed by atoms with E-state index in [2.05, 4.69) is 16.2 Å². The summed E-state index contributed by atoms with van der Waals surface area (Å²) in [6.45, 7) is 4.35. The molecule has 34 heavy (non-hydrogen) atoms. The van der Waals surface area contributed by atoms with Gasteiger partial charge in [0.1, 0.15) is 23.2 Å². The summed E-state index contributed by atoms with van der Waals surface area (Å²) >= 11 is 0. The third-order valence-corrected chi connectivity index (χ3v) is 6.66. The number of sulfonamides is 1. The molecule has 12 heteroatoms. The van der Waals surface area contributed by atoms with Gasteiger partial charge in [0.05, 0.1) is 11.4 Å². The molecule has 2 rings (SSSR count). The Bertz CT molecular complexity index is 1150. The lowest BCUT2D eigenvalue weighted by Gasteiger charge is -2.22. The van der Waals surface area contributed by atoms with Crippen LogP contribution in [0, 0.1) is 24.5 Å². The van der Waals surface area contributed by atoms with E-state index >= 15 is 0 Å². The van der Waals surface area contributed by atoms with E-state index in [0.29, 0.717) is 0 Å². The fourth-order valence-electron chi connectivity index (χ4n) is 2.89. The van der Waals surface area contributed by atoms with Crippen molar-refractivity contribution >= 4 is 27.7 Å². The highest BCUT2D eigenvalue weighted by Gasteiger charge is 2.28. The van der Waals surface area contributed by atoms with Crippen LogP contribution in [0.15, 0.2) is 47.4 Å². The van der Waals surface area contributed by atoms with Crippen LogP contribution in [0.2, 0.25) is 0 Å². The second-order valence-electron chi connectivity index (χ2n) is 7.90. The van der Waals surface area contributed by atoms with Gasteiger partial charge < -0.3 is 5.32 Å². The Balaban J connectivity index is 1.99. The third-order valence-electron chi connectivity index (χ3n) is 4.85. The number of rotatable bonds is 8. The summed E-state index contributed by atoms with van der Waals surface area (Å²) in [6, 6.07) is 7.72. The number of carbonyl (C=O) groups is 3. The van der Waals surface area contributed by atoms with Crippen molar-refractivity contribution in [3.8, 4) is 0 Å². The van der Waals surface area contributed by atoms with Gasteiger partial charge in [0, 0.05) is 7.05 Å². The number of carbonyl (C=O) groups excluding carboxylic acids is 3. The summed E-state index contributed by atoms with van der Waals surface area (Å²) in [5.74, 6) is -5.55. The molecule has 0 aliphatic rings. The summed E-state index contributed by atoms with van der Waals surface area (Å²) in [7, 11) is -2.74. The van der Waals surface area contributed by atoms with Gasteiger partial charge in [-0.15, -0.1) is 0 Å². The van der Waals surface area contributed by atoms with Crippen LogP contribution in [0.3, 0.4) is 0 Å². The third kappa shape index (κ3) is 6.58. The molecule has 0 saturated heterocycles. The highest BCUT2D eigenvalue weighted by atomic mass is 32.2. The first-order valence-electron chi connectivity index (χ1n) is 10.2. The molecule has 9 nitrogen and oxygen atoms in total. The van der Waals surface area contributed by atoms with Crippen molar-refractivity contribution in [2.24, 2.45) is 5.92 Å². The molecule has 0 fully saturated rings. The quantitative estimate of drug-likeness (QED) is 0.478. The minimum absolute atomic E-state index is 0.000367. The number of amides is 3. The highest BCUT2D eigenvalue weighted by molar-refractivity contribution is 7.89. The maximum absolute atomic E-state index is 13.9. The Kier molecular flexibility index (Phi) is 8.82. The predicted octanol–water partition coefficient (Wildman–Crippen LogP) is 1.50. The molecule has 0 unspecified atom stereocenters. The first-order chi connectivity index (χ1) is 15.8. The van der Waals surface area contributed by atoms with Crippen molar-refractivity contribution in [2.75, 3.05) is 13.6 Å². The molecule has 184 valence electrons. The van der Waals surface area contributed by atoms with E-state index in [-0.39, 0.29) is 4.90 Å². The number of aryl methyl sites for hydroxylation is 1. The minimum atomic E-state index is -3.94. The molecule has 0 aliphatic carbocycles. The molecule has 2 aromatic carbocycles. The average molecular weight is 497 g/mol. The molecular formula is C22H26F2N4O5S. The molecule has 2 aromatic rings. The first-order valence-corrected chi connectivity index (χ1v) is 11.6. The number of hydrogen-bond acceptors (Lipinski definition) is 5. The molecule has 0 heterocycles. The molecule has 0 saturated carbocycles. The van der Waals surface area contributed by atoms with Crippen LogP contribution in [-0.2, 0) is 19.6 Å². The zero-order valence-electron chi connectivity index (χ0n) is 19.1. The zero-order chi connectivity index (χ0) is 25.6. The Morgan fingerprint density at radius 3 is 2.06 bits per heavy atom. The van der Waals surface area contributed by atoms with Crippen LogP contribution < -0.4 is 16.2 Å². The maximum atomic E-state index is 13.9. The molecular weight excluding hydrogens is 470 g/mol. The molecule has 0 aromatic heterocycles. The minimum Gasteiger partial charge on any atom is -0.340 e. The summed E-state index contributed by atoms with van der Waals surface area (Å²) in [4.78, 5) is 37.0. The van der Waals surface area contributed by atoms with Crippen LogP contribution >= 0.6 is 0 Å². The molecule has 0 bridgehead atoms. The zero-order valence-corrected chi connectivity index (χ0v) is 19.9.